The van der Waals surface area contributed by atoms with Crippen LogP contribution in [0, 0.1) is 0 Å². The third-order valence-electron chi connectivity index (χ3n) is 3.09. The molecule has 0 bridgehead atoms. The van der Waals surface area contributed by atoms with Crippen LogP contribution in [0.3, 0.4) is 0 Å². The Morgan fingerprint density at radius 2 is 2.33 bits per heavy atom. The van der Waals surface area contributed by atoms with Gasteiger partial charge >= 0.3 is 0 Å². The van der Waals surface area contributed by atoms with Crippen LogP contribution >= 0.6 is 11.8 Å². The Morgan fingerprint density at radius 3 is 2.89 bits per heavy atom. The van der Waals surface area contributed by atoms with Crippen molar-refractivity contribution < 1.29 is 4.79 Å². The summed E-state index contributed by atoms with van der Waals surface area (Å²) in [5, 5.41) is 4.10. The molecule has 1 aromatic heterocycles. The maximum atomic E-state index is 12.4. The van der Waals surface area contributed by atoms with Crippen LogP contribution in [0.15, 0.2) is 6.20 Å². The van der Waals surface area contributed by atoms with Crippen molar-refractivity contribution in [2.75, 3.05) is 24.8 Å². The molecule has 2 N–H and O–H groups in total. The maximum absolute atomic E-state index is 12.4. The van der Waals surface area contributed by atoms with Gasteiger partial charge in [-0.25, -0.2) is 0 Å². The first-order valence-electron chi connectivity index (χ1n) is 6.10. The molecule has 6 heteroatoms. The fraction of sp³-hybridized carbons (Fsp3) is 0.667. The summed E-state index contributed by atoms with van der Waals surface area (Å²) in [7, 11) is 1.82. The predicted molar refractivity (Wildman–Crippen MR) is 76.9 cm³/mol. The summed E-state index contributed by atoms with van der Waals surface area (Å²) in [5.41, 5.74) is 6.77. The molecule has 0 radical (unpaired) electrons. The van der Waals surface area contributed by atoms with Crippen LogP contribution in [0.2, 0.25) is 0 Å². The van der Waals surface area contributed by atoms with Crippen molar-refractivity contribution in [3.63, 3.8) is 0 Å². The number of thioether (sulfide) groups is 1. The van der Waals surface area contributed by atoms with E-state index in [1.54, 1.807) is 21.3 Å². The van der Waals surface area contributed by atoms with Gasteiger partial charge in [0, 0.05) is 19.6 Å². The van der Waals surface area contributed by atoms with Crippen LogP contribution in [0.1, 0.15) is 30.8 Å². The van der Waals surface area contributed by atoms with Crippen molar-refractivity contribution >= 4 is 23.4 Å². The van der Waals surface area contributed by atoms with E-state index in [0.29, 0.717) is 17.9 Å². The number of hydrogen-bond donors (Lipinski definition) is 1. The molecule has 1 atom stereocenters. The Hall–Kier alpha value is -1.17. The van der Waals surface area contributed by atoms with Crippen LogP contribution in [-0.4, -0.2) is 45.7 Å². The largest absolute Gasteiger partial charge is 0.396 e. The van der Waals surface area contributed by atoms with Gasteiger partial charge in [-0.1, -0.05) is 0 Å². The van der Waals surface area contributed by atoms with Gasteiger partial charge in [-0.3, -0.25) is 9.48 Å². The van der Waals surface area contributed by atoms with Crippen molar-refractivity contribution in [2.24, 2.45) is 0 Å². The molecule has 0 fully saturated rings. The Labute approximate surface area is 113 Å². The number of nitrogens with two attached hydrogens (primary N) is 1. The summed E-state index contributed by atoms with van der Waals surface area (Å²) in [4.78, 5) is 14.1. The van der Waals surface area contributed by atoms with E-state index in [1.807, 2.05) is 14.0 Å². The molecule has 1 amide bonds. The number of hydrogen-bond acceptors (Lipinski definition) is 4. The highest BCUT2D eigenvalue weighted by Crippen LogP contribution is 2.16. The number of amides is 1. The van der Waals surface area contributed by atoms with Gasteiger partial charge in [0.2, 0.25) is 0 Å². The van der Waals surface area contributed by atoms with Gasteiger partial charge in [-0.05, 0) is 32.3 Å². The molecular weight excluding hydrogens is 248 g/mol. The van der Waals surface area contributed by atoms with Gasteiger partial charge in [0.25, 0.3) is 5.91 Å². The van der Waals surface area contributed by atoms with Crippen LogP contribution in [0.4, 0.5) is 5.69 Å². The number of nitrogens with zero attached hydrogens (tertiary/aromatic N) is 3. The smallest absolute Gasteiger partial charge is 0.274 e. The Kier molecular flexibility index (Phi) is 5.53. The van der Waals surface area contributed by atoms with Gasteiger partial charge in [0.15, 0.2) is 0 Å². The summed E-state index contributed by atoms with van der Waals surface area (Å²) >= 11 is 1.79. The van der Waals surface area contributed by atoms with E-state index < -0.39 is 0 Å². The van der Waals surface area contributed by atoms with Crippen molar-refractivity contribution in [2.45, 2.75) is 32.9 Å². The number of anilines is 1. The van der Waals surface area contributed by atoms with E-state index in [1.165, 1.54) is 6.20 Å². The number of aryl methyl sites for hydroxylation is 1. The molecule has 0 saturated carbocycles. The Balaban J connectivity index is 2.82. The molecule has 0 spiro atoms. The van der Waals surface area contributed by atoms with Crippen LogP contribution in [0.5, 0.6) is 0 Å². The third-order valence-corrected chi connectivity index (χ3v) is 3.74. The van der Waals surface area contributed by atoms with E-state index >= 15 is 0 Å². The predicted octanol–water partition coefficient (Wildman–Crippen LogP) is 1.70. The number of aromatic nitrogens is 2. The van der Waals surface area contributed by atoms with E-state index in [-0.39, 0.29) is 11.9 Å². The molecule has 0 aliphatic carbocycles. The molecular formula is C12H22N4OS. The normalized spacial score (nSPS) is 12.4. The average Bonchev–Trinajstić information content (AvgIpc) is 2.75. The summed E-state index contributed by atoms with van der Waals surface area (Å²) < 4.78 is 1.65. The number of carbonyl (C=O) groups excluding carboxylic acids is 1. The lowest BCUT2D eigenvalue weighted by atomic mass is 10.2. The van der Waals surface area contributed by atoms with Crippen molar-refractivity contribution in [3.05, 3.63) is 11.9 Å². The summed E-state index contributed by atoms with van der Waals surface area (Å²) in [6.45, 7) is 4.64. The molecule has 18 heavy (non-hydrogen) atoms. The molecule has 0 aliphatic rings. The molecule has 0 aliphatic heterocycles. The minimum absolute atomic E-state index is 0.0551. The van der Waals surface area contributed by atoms with E-state index in [2.05, 4.69) is 18.3 Å². The molecule has 5 nitrogen and oxygen atoms in total. The van der Waals surface area contributed by atoms with Gasteiger partial charge in [-0.2, -0.15) is 16.9 Å². The standard InChI is InChI=1S/C12H22N4OS/c1-5-16-11(10(13)8-14-16)12(17)15(3)9(2)6-7-18-4/h8-9H,5-7,13H2,1-4H3. The molecule has 0 aromatic carbocycles. The zero-order valence-electron chi connectivity index (χ0n) is 11.5. The Morgan fingerprint density at radius 1 is 1.67 bits per heavy atom. The van der Waals surface area contributed by atoms with Crippen LogP contribution in [-0.2, 0) is 6.54 Å². The van der Waals surface area contributed by atoms with Crippen molar-refractivity contribution in [1.29, 1.82) is 0 Å². The minimum Gasteiger partial charge on any atom is -0.396 e. The number of carbonyl (C=O) groups is 1. The molecule has 1 heterocycles. The second kappa shape index (κ2) is 6.68. The first kappa shape index (κ1) is 14.9. The lowest BCUT2D eigenvalue weighted by molar-refractivity contribution is 0.0730. The van der Waals surface area contributed by atoms with E-state index in [0.717, 1.165) is 12.2 Å². The van der Waals surface area contributed by atoms with Crippen molar-refractivity contribution in [1.82, 2.24) is 14.7 Å². The van der Waals surface area contributed by atoms with Gasteiger partial charge in [0.05, 0.1) is 11.9 Å². The number of nitrogen functional groups attached to an aromatic ring is 1. The summed E-state index contributed by atoms with van der Waals surface area (Å²) in [6, 6.07) is 0.199. The third kappa shape index (κ3) is 3.19. The summed E-state index contributed by atoms with van der Waals surface area (Å²) in [5.74, 6) is 0.988. The van der Waals surface area contributed by atoms with Crippen LogP contribution in [0.25, 0.3) is 0 Å². The molecule has 0 saturated heterocycles. The fourth-order valence-electron chi connectivity index (χ4n) is 1.72. The monoisotopic (exact) mass is 270 g/mol. The zero-order chi connectivity index (χ0) is 13.7. The maximum Gasteiger partial charge on any atom is 0.274 e. The first-order valence-corrected chi connectivity index (χ1v) is 7.49. The van der Waals surface area contributed by atoms with Crippen LogP contribution < -0.4 is 5.73 Å². The fourth-order valence-corrected chi connectivity index (χ4v) is 2.30. The average molecular weight is 270 g/mol. The SMILES string of the molecule is CCn1ncc(N)c1C(=O)N(C)C(C)CCSC. The lowest BCUT2D eigenvalue weighted by Crippen LogP contribution is -2.37. The highest BCUT2D eigenvalue weighted by Gasteiger charge is 2.23. The van der Waals surface area contributed by atoms with Crippen molar-refractivity contribution in [3.8, 4) is 0 Å². The lowest BCUT2D eigenvalue weighted by Gasteiger charge is -2.25. The highest BCUT2D eigenvalue weighted by molar-refractivity contribution is 7.98. The molecule has 1 unspecified atom stereocenters. The first-order chi connectivity index (χ1) is 8.52. The zero-order valence-corrected chi connectivity index (χ0v) is 12.3. The second-order valence-electron chi connectivity index (χ2n) is 4.31. The van der Waals surface area contributed by atoms with Gasteiger partial charge in [-0.15, -0.1) is 0 Å². The quantitative estimate of drug-likeness (QED) is 0.854. The highest BCUT2D eigenvalue weighted by atomic mass is 32.2. The molecule has 1 aromatic rings. The minimum atomic E-state index is -0.0551. The number of rotatable bonds is 6. The molecule has 1 rings (SSSR count). The van der Waals surface area contributed by atoms with Gasteiger partial charge < -0.3 is 10.6 Å². The van der Waals surface area contributed by atoms with E-state index in [4.69, 9.17) is 5.73 Å². The Bertz CT molecular complexity index is 405. The molecule has 102 valence electrons. The second-order valence-corrected chi connectivity index (χ2v) is 5.30. The van der Waals surface area contributed by atoms with E-state index in [9.17, 15) is 4.79 Å². The summed E-state index contributed by atoms with van der Waals surface area (Å²) in [6.07, 6.45) is 4.58. The topological polar surface area (TPSA) is 64.2 Å². The van der Waals surface area contributed by atoms with Gasteiger partial charge in [0.1, 0.15) is 5.69 Å².